The van der Waals surface area contributed by atoms with Crippen molar-refractivity contribution in [2.24, 2.45) is 17.6 Å². The van der Waals surface area contributed by atoms with Gasteiger partial charge in [0.25, 0.3) is 5.09 Å². The van der Waals surface area contributed by atoms with Crippen LogP contribution in [0.25, 0.3) is 0 Å². The zero-order chi connectivity index (χ0) is 9.68. The first kappa shape index (κ1) is 10.2. The summed E-state index contributed by atoms with van der Waals surface area (Å²) in [6, 6.07) is 0. The Morgan fingerprint density at radius 3 is 2.54 bits per heavy atom. The summed E-state index contributed by atoms with van der Waals surface area (Å²) in [6.45, 7) is 0.834. The van der Waals surface area contributed by atoms with Crippen molar-refractivity contribution in [1.82, 2.24) is 0 Å². The van der Waals surface area contributed by atoms with Crippen molar-refractivity contribution < 1.29 is 9.92 Å². The summed E-state index contributed by atoms with van der Waals surface area (Å²) in [4.78, 5) is 14.4. The molecule has 2 N–H and O–H groups in total. The van der Waals surface area contributed by atoms with Gasteiger partial charge in [-0.05, 0) is 31.2 Å². The molecule has 0 aromatic heterocycles. The lowest BCUT2D eigenvalue weighted by Gasteiger charge is -2.29. The van der Waals surface area contributed by atoms with Crippen LogP contribution < -0.4 is 5.73 Å². The second kappa shape index (κ2) is 5.01. The fraction of sp³-hybridized carbons (Fsp3) is 1.00. The van der Waals surface area contributed by atoms with Crippen LogP contribution in [-0.4, -0.2) is 18.2 Å². The summed E-state index contributed by atoms with van der Waals surface area (Å²) in [5.74, 6) is 0.692. The first-order valence-corrected chi connectivity index (χ1v) is 4.71. The molecule has 0 amide bonds. The normalized spacial score (nSPS) is 28.4. The molecule has 0 aliphatic heterocycles. The van der Waals surface area contributed by atoms with E-state index in [0.717, 1.165) is 19.3 Å². The number of rotatable bonds is 4. The number of nitrogens with two attached hydrogens (primary N) is 1. The van der Waals surface area contributed by atoms with Gasteiger partial charge in [0, 0.05) is 0 Å². The fourth-order valence-corrected chi connectivity index (χ4v) is 1.97. The Kier molecular flexibility index (Phi) is 3.95. The Morgan fingerprint density at radius 2 is 2.00 bits per heavy atom. The quantitative estimate of drug-likeness (QED) is 0.526. The maximum atomic E-state index is 9.99. The third-order valence-electron chi connectivity index (χ3n) is 2.76. The minimum Gasteiger partial charge on any atom is -0.330 e. The molecule has 0 bridgehead atoms. The van der Waals surface area contributed by atoms with E-state index in [1.54, 1.807) is 0 Å². The maximum absolute atomic E-state index is 9.99. The van der Waals surface area contributed by atoms with Crippen LogP contribution in [0.1, 0.15) is 25.7 Å². The fourth-order valence-electron chi connectivity index (χ4n) is 1.97. The number of nitrogens with zero attached hydrogens (tertiary/aromatic N) is 1. The van der Waals surface area contributed by atoms with Crippen LogP contribution in [0.3, 0.4) is 0 Å². The van der Waals surface area contributed by atoms with E-state index >= 15 is 0 Å². The largest absolute Gasteiger partial charge is 0.330 e. The minimum absolute atomic E-state index is 0.217. The van der Waals surface area contributed by atoms with Crippen molar-refractivity contribution >= 4 is 0 Å². The predicted molar refractivity (Wildman–Crippen MR) is 47.4 cm³/mol. The standard InChI is InChI=1S/C8H16N2O3/c9-5-7-3-1-2-4-8(7)6-13-10(11)12/h7-8H,1-6,9H2/t7-,8-/m0/s1. The summed E-state index contributed by atoms with van der Waals surface area (Å²) in [7, 11) is 0. The molecule has 0 aromatic carbocycles. The molecule has 2 atom stereocenters. The summed E-state index contributed by atoms with van der Waals surface area (Å²) in [6.07, 6.45) is 4.43. The van der Waals surface area contributed by atoms with E-state index in [1.165, 1.54) is 6.42 Å². The van der Waals surface area contributed by atoms with Gasteiger partial charge in [-0.2, -0.15) is 0 Å². The average Bonchev–Trinajstić information content (AvgIpc) is 2.15. The lowest BCUT2D eigenvalue weighted by Crippen LogP contribution is -2.30. The second-order valence-corrected chi connectivity index (χ2v) is 3.56. The molecule has 1 aliphatic rings. The molecule has 76 valence electrons. The van der Waals surface area contributed by atoms with Crippen molar-refractivity contribution in [1.29, 1.82) is 0 Å². The maximum Gasteiger partial charge on any atom is 0.294 e. The molecule has 0 saturated heterocycles. The topological polar surface area (TPSA) is 78.4 Å². The van der Waals surface area contributed by atoms with Crippen molar-refractivity contribution in [3.05, 3.63) is 10.1 Å². The highest BCUT2D eigenvalue weighted by Gasteiger charge is 2.24. The van der Waals surface area contributed by atoms with Crippen molar-refractivity contribution in [2.75, 3.05) is 13.2 Å². The molecule has 5 heteroatoms. The van der Waals surface area contributed by atoms with Gasteiger partial charge in [0.15, 0.2) is 0 Å². The van der Waals surface area contributed by atoms with Crippen LogP contribution in [0.5, 0.6) is 0 Å². The lowest BCUT2D eigenvalue weighted by atomic mass is 9.80. The molecule has 5 nitrogen and oxygen atoms in total. The number of hydrogen-bond donors (Lipinski definition) is 1. The Morgan fingerprint density at radius 1 is 1.38 bits per heavy atom. The van der Waals surface area contributed by atoms with E-state index in [0.29, 0.717) is 12.5 Å². The Labute approximate surface area is 77.3 Å². The molecular weight excluding hydrogens is 172 g/mol. The van der Waals surface area contributed by atoms with E-state index in [2.05, 4.69) is 4.84 Å². The van der Waals surface area contributed by atoms with E-state index in [4.69, 9.17) is 5.73 Å². The van der Waals surface area contributed by atoms with Crippen LogP contribution in [0.4, 0.5) is 0 Å². The second-order valence-electron chi connectivity index (χ2n) is 3.56. The number of hydrogen-bond acceptors (Lipinski definition) is 4. The van der Waals surface area contributed by atoms with E-state index in [1.807, 2.05) is 0 Å². The van der Waals surface area contributed by atoms with Crippen LogP contribution >= 0.6 is 0 Å². The third-order valence-corrected chi connectivity index (χ3v) is 2.76. The molecule has 1 aliphatic carbocycles. The molecule has 1 fully saturated rings. The Bertz CT molecular complexity index is 175. The zero-order valence-corrected chi connectivity index (χ0v) is 7.65. The van der Waals surface area contributed by atoms with Gasteiger partial charge in [-0.25, -0.2) is 0 Å². The summed E-state index contributed by atoms with van der Waals surface area (Å²) < 4.78 is 0. The van der Waals surface area contributed by atoms with Gasteiger partial charge >= 0.3 is 0 Å². The smallest absolute Gasteiger partial charge is 0.294 e. The van der Waals surface area contributed by atoms with Gasteiger partial charge in [-0.1, -0.05) is 12.8 Å². The van der Waals surface area contributed by atoms with Crippen LogP contribution in [-0.2, 0) is 4.84 Å². The van der Waals surface area contributed by atoms with Crippen molar-refractivity contribution in [3.8, 4) is 0 Å². The molecule has 0 unspecified atom stereocenters. The minimum atomic E-state index is -0.720. The van der Waals surface area contributed by atoms with Gasteiger partial charge in [0.05, 0.1) is 6.61 Å². The molecular formula is C8H16N2O3. The monoisotopic (exact) mass is 188 g/mol. The highest BCUT2D eigenvalue weighted by atomic mass is 16.9. The lowest BCUT2D eigenvalue weighted by molar-refractivity contribution is -0.759. The molecule has 0 spiro atoms. The van der Waals surface area contributed by atoms with E-state index < -0.39 is 5.09 Å². The van der Waals surface area contributed by atoms with Crippen LogP contribution in [0, 0.1) is 22.0 Å². The van der Waals surface area contributed by atoms with Crippen LogP contribution in [0.15, 0.2) is 0 Å². The Balaban J connectivity index is 2.31. The van der Waals surface area contributed by atoms with Crippen molar-refractivity contribution in [2.45, 2.75) is 25.7 Å². The van der Waals surface area contributed by atoms with Gasteiger partial charge in [0.1, 0.15) is 0 Å². The predicted octanol–water partition coefficient (Wildman–Crippen LogP) is 0.960. The molecule has 1 saturated carbocycles. The van der Waals surface area contributed by atoms with Gasteiger partial charge in [-0.15, -0.1) is 10.1 Å². The highest BCUT2D eigenvalue weighted by molar-refractivity contribution is 4.75. The first-order valence-electron chi connectivity index (χ1n) is 4.71. The first-order chi connectivity index (χ1) is 6.24. The average molecular weight is 188 g/mol. The molecule has 0 heterocycles. The van der Waals surface area contributed by atoms with Gasteiger partial charge in [-0.3, -0.25) is 0 Å². The molecule has 0 aromatic rings. The van der Waals surface area contributed by atoms with Crippen LogP contribution in [0.2, 0.25) is 0 Å². The van der Waals surface area contributed by atoms with Crippen molar-refractivity contribution in [3.63, 3.8) is 0 Å². The third kappa shape index (κ3) is 3.18. The SMILES string of the molecule is NC[C@@H]1CCCC[C@H]1CO[N+](=O)[O-]. The molecule has 13 heavy (non-hydrogen) atoms. The van der Waals surface area contributed by atoms with E-state index in [9.17, 15) is 10.1 Å². The zero-order valence-electron chi connectivity index (χ0n) is 7.65. The summed E-state index contributed by atoms with van der Waals surface area (Å²) in [5, 5.41) is 9.27. The summed E-state index contributed by atoms with van der Waals surface area (Å²) >= 11 is 0. The van der Waals surface area contributed by atoms with Gasteiger partial charge < -0.3 is 10.6 Å². The summed E-state index contributed by atoms with van der Waals surface area (Å²) in [5.41, 5.74) is 5.57. The highest BCUT2D eigenvalue weighted by Crippen LogP contribution is 2.29. The van der Waals surface area contributed by atoms with E-state index in [-0.39, 0.29) is 12.5 Å². The molecule has 0 radical (unpaired) electrons. The van der Waals surface area contributed by atoms with Gasteiger partial charge in [0.2, 0.25) is 0 Å². The Hall–Kier alpha value is -0.840. The molecule has 1 rings (SSSR count).